The summed E-state index contributed by atoms with van der Waals surface area (Å²) >= 11 is 0. The summed E-state index contributed by atoms with van der Waals surface area (Å²) in [7, 11) is -2.40. The van der Waals surface area contributed by atoms with E-state index in [0.29, 0.717) is 32.3 Å². The maximum atomic E-state index is 13.6. The van der Waals surface area contributed by atoms with Gasteiger partial charge >= 0.3 is 0 Å². The van der Waals surface area contributed by atoms with Gasteiger partial charge in [-0.05, 0) is 61.1 Å². The molecule has 178 valence electrons. The molecule has 0 bridgehead atoms. The highest BCUT2D eigenvalue weighted by molar-refractivity contribution is 7.93. The number of nitrogens with one attached hydrogen (secondary N) is 1. The monoisotopic (exact) mass is 474 g/mol. The maximum absolute atomic E-state index is 13.6. The molecule has 0 atom stereocenters. The number of hydrogen-bond acceptors (Lipinski definition) is 7. The van der Waals surface area contributed by atoms with Crippen molar-refractivity contribution in [1.82, 2.24) is 10.4 Å². The largest absolute Gasteiger partial charge is 0.491 e. The third-order valence-corrected chi connectivity index (χ3v) is 9.12. The van der Waals surface area contributed by atoms with Gasteiger partial charge in [-0.1, -0.05) is 24.3 Å². The van der Waals surface area contributed by atoms with E-state index in [1.807, 2.05) is 24.3 Å². The molecule has 2 aromatic carbocycles. The Morgan fingerprint density at radius 1 is 1.03 bits per heavy atom. The van der Waals surface area contributed by atoms with Gasteiger partial charge in [-0.3, -0.25) is 10.0 Å². The first-order valence-corrected chi connectivity index (χ1v) is 12.6. The van der Waals surface area contributed by atoms with Crippen LogP contribution in [0.1, 0.15) is 25.7 Å². The van der Waals surface area contributed by atoms with Gasteiger partial charge in [0.05, 0.1) is 11.5 Å². The molecule has 0 aromatic heterocycles. The van der Waals surface area contributed by atoms with Crippen molar-refractivity contribution in [2.45, 2.75) is 41.4 Å². The number of nitrogens with zero attached hydrogens (tertiary/aromatic N) is 1. The number of amides is 1. The van der Waals surface area contributed by atoms with Crippen molar-refractivity contribution in [3.8, 4) is 16.9 Å². The number of benzene rings is 2. The molecule has 0 radical (unpaired) electrons. The molecule has 2 aliphatic rings. The highest BCUT2D eigenvalue weighted by Gasteiger charge is 2.53. The van der Waals surface area contributed by atoms with Gasteiger partial charge < -0.3 is 14.4 Å². The molecule has 33 heavy (non-hydrogen) atoms. The Balaban J connectivity index is 1.53. The third-order valence-electron chi connectivity index (χ3n) is 6.61. The molecule has 1 amide bonds. The Labute approximate surface area is 194 Å². The second-order valence-electron chi connectivity index (χ2n) is 8.60. The fraction of sp³-hybridized carbons (Fsp3) is 0.458. The van der Waals surface area contributed by atoms with Crippen LogP contribution in [0.2, 0.25) is 0 Å². The van der Waals surface area contributed by atoms with E-state index in [0.717, 1.165) is 29.7 Å². The number of methoxy groups -OCH3 is 1. The summed E-state index contributed by atoms with van der Waals surface area (Å²) in [4.78, 5) is 15.0. The van der Waals surface area contributed by atoms with E-state index in [9.17, 15) is 18.4 Å². The molecule has 1 saturated carbocycles. The normalized spacial score (nSPS) is 18.6. The van der Waals surface area contributed by atoms with Gasteiger partial charge in [0.15, 0.2) is 14.6 Å². The van der Waals surface area contributed by atoms with E-state index < -0.39 is 20.5 Å². The minimum Gasteiger partial charge on any atom is -0.491 e. The Kier molecular flexibility index (Phi) is 7.04. The minimum atomic E-state index is -4.01. The van der Waals surface area contributed by atoms with Crippen molar-refractivity contribution < 1.29 is 27.9 Å². The highest BCUT2D eigenvalue weighted by atomic mass is 32.2. The van der Waals surface area contributed by atoms with Crippen LogP contribution in [-0.2, 0) is 19.4 Å². The first-order chi connectivity index (χ1) is 15.9. The number of piperidine rings is 1. The second kappa shape index (κ2) is 9.80. The van der Waals surface area contributed by atoms with E-state index in [1.165, 1.54) is 12.1 Å². The van der Waals surface area contributed by atoms with E-state index in [1.54, 1.807) is 24.7 Å². The number of likely N-dealkylation sites (tertiary alicyclic amines) is 1. The van der Waals surface area contributed by atoms with Crippen LogP contribution < -0.4 is 10.2 Å². The molecular weight excluding hydrogens is 444 g/mol. The van der Waals surface area contributed by atoms with Crippen LogP contribution in [0.4, 0.5) is 0 Å². The lowest BCUT2D eigenvalue weighted by atomic mass is 9.94. The fourth-order valence-corrected chi connectivity index (χ4v) is 6.40. The van der Waals surface area contributed by atoms with Crippen LogP contribution in [0.15, 0.2) is 53.4 Å². The summed E-state index contributed by atoms with van der Waals surface area (Å²) in [6.45, 7) is 2.01. The number of carbonyl (C=O) groups is 1. The lowest BCUT2D eigenvalue weighted by Crippen LogP contribution is -2.58. The van der Waals surface area contributed by atoms with Gasteiger partial charge in [0.1, 0.15) is 12.4 Å². The average molecular weight is 475 g/mol. The second-order valence-corrected chi connectivity index (χ2v) is 10.9. The van der Waals surface area contributed by atoms with Gasteiger partial charge in [-0.25, -0.2) is 13.9 Å². The van der Waals surface area contributed by atoms with Crippen LogP contribution in [-0.4, -0.2) is 68.6 Å². The van der Waals surface area contributed by atoms with Crippen LogP contribution in [0.25, 0.3) is 11.1 Å². The zero-order valence-electron chi connectivity index (χ0n) is 18.7. The third kappa shape index (κ3) is 4.77. The molecule has 8 nitrogen and oxygen atoms in total. The van der Waals surface area contributed by atoms with Crippen LogP contribution in [0.3, 0.4) is 0 Å². The Morgan fingerprint density at radius 3 is 2.12 bits per heavy atom. The number of ether oxygens (including phenoxy) is 2. The van der Waals surface area contributed by atoms with Gasteiger partial charge in [0, 0.05) is 26.2 Å². The molecule has 2 fully saturated rings. The zero-order chi connectivity index (χ0) is 23.5. The Morgan fingerprint density at radius 2 is 1.61 bits per heavy atom. The molecule has 4 rings (SSSR count). The number of hydroxylamine groups is 1. The number of carbonyl (C=O) groups excluding carboxylic acids is 1. The van der Waals surface area contributed by atoms with Crippen LogP contribution >= 0.6 is 0 Å². The first-order valence-electron chi connectivity index (χ1n) is 11.2. The Hall–Kier alpha value is -2.46. The summed E-state index contributed by atoms with van der Waals surface area (Å²) in [5, 5.41) is 9.34. The summed E-state index contributed by atoms with van der Waals surface area (Å²) in [5.41, 5.74) is 3.38. The summed E-state index contributed by atoms with van der Waals surface area (Å²) in [6.07, 6.45) is 2.55. The first kappa shape index (κ1) is 23.7. The highest BCUT2D eigenvalue weighted by Crippen LogP contribution is 2.39. The van der Waals surface area contributed by atoms with Gasteiger partial charge in [-0.2, -0.15) is 0 Å². The fourth-order valence-electron chi connectivity index (χ4n) is 4.45. The lowest BCUT2D eigenvalue weighted by Gasteiger charge is -2.39. The smallest absolute Gasteiger partial charge is 0.265 e. The average Bonchev–Trinajstić information content (AvgIpc) is 3.70. The van der Waals surface area contributed by atoms with E-state index in [-0.39, 0.29) is 17.7 Å². The predicted molar refractivity (Wildman–Crippen MR) is 123 cm³/mol. The van der Waals surface area contributed by atoms with Crippen molar-refractivity contribution in [2.75, 3.05) is 33.4 Å². The summed E-state index contributed by atoms with van der Waals surface area (Å²) < 4.78 is 36.1. The van der Waals surface area contributed by atoms with Crippen molar-refractivity contribution in [1.29, 1.82) is 0 Å². The van der Waals surface area contributed by atoms with Gasteiger partial charge in [0.2, 0.25) is 0 Å². The van der Waals surface area contributed by atoms with Crippen molar-refractivity contribution >= 4 is 15.7 Å². The van der Waals surface area contributed by atoms with Crippen LogP contribution in [0.5, 0.6) is 5.75 Å². The molecule has 0 spiro atoms. The van der Waals surface area contributed by atoms with E-state index >= 15 is 0 Å². The van der Waals surface area contributed by atoms with Crippen molar-refractivity contribution in [2.24, 2.45) is 0 Å². The molecule has 9 heteroatoms. The topological polar surface area (TPSA) is 105 Å². The zero-order valence-corrected chi connectivity index (χ0v) is 19.5. The Bertz CT molecular complexity index is 1060. The summed E-state index contributed by atoms with van der Waals surface area (Å²) in [5.74, 6) is -0.129. The van der Waals surface area contributed by atoms with Crippen molar-refractivity contribution in [3.05, 3.63) is 48.5 Å². The predicted octanol–water partition coefficient (Wildman–Crippen LogP) is 2.65. The molecule has 2 N–H and O–H groups in total. The molecule has 1 heterocycles. The molecule has 1 aliphatic heterocycles. The summed E-state index contributed by atoms with van der Waals surface area (Å²) in [6, 6.07) is 14.5. The molecule has 1 aliphatic carbocycles. The van der Waals surface area contributed by atoms with Crippen molar-refractivity contribution in [3.63, 3.8) is 0 Å². The molecule has 0 unspecified atom stereocenters. The molecular formula is C24H30N2O6S. The van der Waals surface area contributed by atoms with Gasteiger partial charge in [-0.15, -0.1) is 0 Å². The van der Waals surface area contributed by atoms with Crippen LogP contribution in [0, 0.1) is 0 Å². The standard InChI is InChI=1S/C24H30N2O6S/c1-31-16-17-32-21-8-2-18(3-9-21)19-4-10-22(11-5-19)33(29,30)24(23(27)25-28)12-14-26(15-13-24)20-6-7-20/h2-5,8-11,20,28H,6-7,12-17H2,1H3,(H,25,27). The quantitative estimate of drug-likeness (QED) is 0.327. The minimum absolute atomic E-state index is 0.0780. The van der Waals surface area contributed by atoms with Gasteiger partial charge in [0.25, 0.3) is 5.91 Å². The number of hydrogen-bond donors (Lipinski definition) is 2. The maximum Gasteiger partial charge on any atom is 0.265 e. The molecule has 2 aromatic rings. The lowest BCUT2D eigenvalue weighted by molar-refractivity contribution is -0.133. The number of sulfone groups is 1. The molecule has 1 saturated heterocycles. The number of rotatable bonds is 9. The van der Waals surface area contributed by atoms with E-state index in [2.05, 4.69) is 4.90 Å². The van der Waals surface area contributed by atoms with E-state index in [4.69, 9.17) is 9.47 Å². The SMILES string of the molecule is COCCOc1ccc(-c2ccc(S(=O)(=O)C3(C(=O)NO)CCN(C4CC4)CC3)cc2)cc1.